The SMILES string of the molecule is COC(=O)c1ccc(COc2cccc(C#N)c2)o1. The van der Waals surface area contributed by atoms with E-state index in [0.717, 1.165) is 0 Å². The molecule has 0 aliphatic carbocycles. The molecule has 96 valence electrons. The van der Waals surface area contributed by atoms with Crippen LogP contribution in [0.25, 0.3) is 0 Å². The number of carbonyl (C=O) groups excluding carboxylic acids is 1. The van der Waals surface area contributed by atoms with Gasteiger partial charge in [-0.3, -0.25) is 0 Å². The molecule has 0 amide bonds. The molecule has 0 fully saturated rings. The molecule has 0 saturated heterocycles. The minimum Gasteiger partial charge on any atom is -0.486 e. The summed E-state index contributed by atoms with van der Waals surface area (Å²) in [6.45, 7) is 0.172. The lowest BCUT2D eigenvalue weighted by molar-refractivity contribution is 0.0561. The van der Waals surface area contributed by atoms with Crippen molar-refractivity contribution in [2.45, 2.75) is 6.61 Å². The molecule has 1 heterocycles. The van der Waals surface area contributed by atoms with Crippen molar-refractivity contribution in [2.24, 2.45) is 0 Å². The molecule has 0 atom stereocenters. The largest absolute Gasteiger partial charge is 0.486 e. The van der Waals surface area contributed by atoms with Crippen LogP contribution in [0.4, 0.5) is 0 Å². The normalized spacial score (nSPS) is 9.68. The molecule has 2 aromatic rings. The van der Waals surface area contributed by atoms with Crippen molar-refractivity contribution in [3.05, 3.63) is 53.5 Å². The number of furan rings is 1. The molecule has 0 aliphatic rings. The van der Waals surface area contributed by atoms with Crippen molar-refractivity contribution in [1.29, 1.82) is 5.26 Å². The Labute approximate surface area is 110 Å². The molecule has 0 unspecified atom stereocenters. The fourth-order valence-corrected chi connectivity index (χ4v) is 1.48. The minimum absolute atomic E-state index is 0.131. The van der Waals surface area contributed by atoms with E-state index >= 15 is 0 Å². The minimum atomic E-state index is -0.530. The van der Waals surface area contributed by atoms with Crippen molar-refractivity contribution in [3.8, 4) is 11.8 Å². The second-order valence-corrected chi connectivity index (χ2v) is 3.69. The lowest BCUT2D eigenvalue weighted by Crippen LogP contribution is -1.99. The molecule has 5 heteroatoms. The van der Waals surface area contributed by atoms with Crippen molar-refractivity contribution in [2.75, 3.05) is 7.11 Å². The molecule has 5 nitrogen and oxygen atoms in total. The van der Waals surface area contributed by atoms with E-state index in [4.69, 9.17) is 14.4 Å². The first-order valence-electron chi connectivity index (χ1n) is 5.53. The number of ether oxygens (including phenoxy) is 2. The number of esters is 1. The van der Waals surface area contributed by atoms with Gasteiger partial charge in [-0.2, -0.15) is 5.26 Å². The molecule has 0 N–H and O–H groups in total. The van der Waals surface area contributed by atoms with Gasteiger partial charge in [-0.05, 0) is 30.3 Å². The first kappa shape index (κ1) is 12.7. The predicted molar refractivity (Wildman–Crippen MR) is 65.5 cm³/mol. The maximum absolute atomic E-state index is 11.2. The zero-order valence-electron chi connectivity index (χ0n) is 10.3. The van der Waals surface area contributed by atoms with Crippen LogP contribution in [0.5, 0.6) is 5.75 Å². The van der Waals surface area contributed by atoms with Gasteiger partial charge in [-0.15, -0.1) is 0 Å². The van der Waals surface area contributed by atoms with Gasteiger partial charge in [0.25, 0.3) is 0 Å². The maximum atomic E-state index is 11.2. The van der Waals surface area contributed by atoms with Gasteiger partial charge in [0.2, 0.25) is 5.76 Å². The summed E-state index contributed by atoms with van der Waals surface area (Å²) in [7, 11) is 1.29. The summed E-state index contributed by atoms with van der Waals surface area (Å²) in [6.07, 6.45) is 0. The Morgan fingerprint density at radius 3 is 2.95 bits per heavy atom. The Morgan fingerprint density at radius 1 is 1.37 bits per heavy atom. The number of nitrogens with zero attached hydrogens (tertiary/aromatic N) is 1. The second-order valence-electron chi connectivity index (χ2n) is 3.69. The average molecular weight is 257 g/mol. The average Bonchev–Trinajstić information content (AvgIpc) is 2.93. The molecule has 0 radical (unpaired) electrons. The van der Waals surface area contributed by atoms with Crippen LogP contribution in [0, 0.1) is 11.3 Å². The van der Waals surface area contributed by atoms with Gasteiger partial charge < -0.3 is 13.9 Å². The van der Waals surface area contributed by atoms with Crippen molar-refractivity contribution >= 4 is 5.97 Å². The summed E-state index contributed by atoms with van der Waals surface area (Å²) in [5.74, 6) is 0.669. The molecule has 1 aromatic carbocycles. The smallest absolute Gasteiger partial charge is 0.373 e. The van der Waals surface area contributed by atoms with E-state index in [9.17, 15) is 4.79 Å². The molecular formula is C14H11NO4. The van der Waals surface area contributed by atoms with Gasteiger partial charge in [0, 0.05) is 0 Å². The van der Waals surface area contributed by atoms with Crippen LogP contribution in [0.1, 0.15) is 21.9 Å². The lowest BCUT2D eigenvalue weighted by atomic mass is 10.2. The molecule has 2 rings (SSSR count). The standard InChI is InChI=1S/C14H11NO4/c1-17-14(16)13-6-5-12(19-13)9-18-11-4-2-3-10(7-11)8-15/h2-7H,9H2,1H3. The number of hydrogen-bond donors (Lipinski definition) is 0. The highest BCUT2D eigenvalue weighted by atomic mass is 16.5. The number of nitriles is 1. The third kappa shape index (κ3) is 3.13. The van der Waals surface area contributed by atoms with Gasteiger partial charge in [0.05, 0.1) is 18.7 Å². The summed E-state index contributed by atoms with van der Waals surface area (Å²) in [4.78, 5) is 11.2. The van der Waals surface area contributed by atoms with Crippen molar-refractivity contribution < 1.29 is 18.7 Å². The van der Waals surface area contributed by atoms with Crippen LogP contribution in [0.2, 0.25) is 0 Å². The van der Waals surface area contributed by atoms with Gasteiger partial charge in [0.15, 0.2) is 0 Å². The number of methoxy groups -OCH3 is 1. The quantitative estimate of drug-likeness (QED) is 0.787. The zero-order valence-corrected chi connectivity index (χ0v) is 10.3. The first-order chi connectivity index (χ1) is 9.22. The third-order valence-corrected chi connectivity index (χ3v) is 2.39. The fraction of sp³-hybridized carbons (Fsp3) is 0.143. The Hall–Kier alpha value is -2.74. The van der Waals surface area contributed by atoms with E-state index in [1.807, 2.05) is 6.07 Å². The number of rotatable bonds is 4. The van der Waals surface area contributed by atoms with E-state index in [2.05, 4.69) is 4.74 Å². The van der Waals surface area contributed by atoms with Gasteiger partial charge in [0.1, 0.15) is 18.1 Å². The highest BCUT2D eigenvalue weighted by Gasteiger charge is 2.11. The van der Waals surface area contributed by atoms with Crippen molar-refractivity contribution in [1.82, 2.24) is 0 Å². The van der Waals surface area contributed by atoms with Gasteiger partial charge in [-0.1, -0.05) is 6.07 Å². The number of carbonyl (C=O) groups is 1. The Bertz CT molecular complexity index is 624. The molecule has 1 aromatic heterocycles. The fourth-order valence-electron chi connectivity index (χ4n) is 1.48. The molecule has 0 bridgehead atoms. The maximum Gasteiger partial charge on any atom is 0.373 e. The number of hydrogen-bond acceptors (Lipinski definition) is 5. The molecule has 0 saturated carbocycles. The Kier molecular flexibility index (Phi) is 3.84. The number of benzene rings is 1. The Balaban J connectivity index is 2.00. The van der Waals surface area contributed by atoms with E-state index in [-0.39, 0.29) is 12.4 Å². The monoisotopic (exact) mass is 257 g/mol. The molecule has 0 aliphatic heterocycles. The van der Waals surface area contributed by atoms with Crippen LogP contribution in [-0.4, -0.2) is 13.1 Å². The van der Waals surface area contributed by atoms with E-state index < -0.39 is 5.97 Å². The summed E-state index contributed by atoms with van der Waals surface area (Å²) in [5, 5.41) is 8.76. The first-order valence-corrected chi connectivity index (χ1v) is 5.53. The summed E-state index contributed by atoms with van der Waals surface area (Å²) in [6, 6.07) is 12.0. The summed E-state index contributed by atoms with van der Waals surface area (Å²) in [5.41, 5.74) is 0.521. The van der Waals surface area contributed by atoms with Crippen LogP contribution < -0.4 is 4.74 Å². The van der Waals surface area contributed by atoms with E-state index in [1.165, 1.54) is 13.2 Å². The lowest BCUT2D eigenvalue weighted by Gasteiger charge is -2.03. The van der Waals surface area contributed by atoms with Gasteiger partial charge >= 0.3 is 5.97 Å². The van der Waals surface area contributed by atoms with Gasteiger partial charge in [-0.25, -0.2) is 4.79 Å². The van der Waals surface area contributed by atoms with Crippen LogP contribution in [0.3, 0.4) is 0 Å². The van der Waals surface area contributed by atoms with Crippen molar-refractivity contribution in [3.63, 3.8) is 0 Å². The zero-order chi connectivity index (χ0) is 13.7. The topological polar surface area (TPSA) is 72.5 Å². The molecular weight excluding hydrogens is 246 g/mol. The molecule has 0 spiro atoms. The highest BCUT2D eigenvalue weighted by Crippen LogP contribution is 2.16. The van der Waals surface area contributed by atoms with Crippen LogP contribution >= 0.6 is 0 Å². The van der Waals surface area contributed by atoms with Crippen LogP contribution in [0.15, 0.2) is 40.8 Å². The summed E-state index contributed by atoms with van der Waals surface area (Å²) >= 11 is 0. The van der Waals surface area contributed by atoms with E-state index in [1.54, 1.807) is 30.3 Å². The van der Waals surface area contributed by atoms with Crippen LogP contribution in [-0.2, 0) is 11.3 Å². The predicted octanol–water partition coefficient (Wildman–Crippen LogP) is 2.52. The van der Waals surface area contributed by atoms with E-state index in [0.29, 0.717) is 17.1 Å². The Morgan fingerprint density at radius 2 is 2.21 bits per heavy atom. The second kappa shape index (κ2) is 5.74. The summed E-state index contributed by atoms with van der Waals surface area (Å²) < 4.78 is 15.2. The highest BCUT2D eigenvalue weighted by molar-refractivity contribution is 5.86. The third-order valence-electron chi connectivity index (χ3n) is 2.39. The molecule has 19 heavy (non-hydrogen) atoms.